The van der Waals surface area contributed by atoms with Crippen LogP contribution in [0.15, 0.2) is 18.2 Å². The van der Waals surface area contributed by atoms with Gasteiger partial charge in [0, 0.05) is 10.9 Å². The van der Waals surface area contributed by atoms with E-state index in [0.717, 1.165) is 12.0 Å². The van der Waals surface area contributed by atoms with Crippen molar-refractivity contribution in [1.29, 1.82) is 0 Å². The second-order valence-electron chi connectivity index (χ2n) is 3.24. The predicted octanol–water partition coefficient (Wildman–Crippen LogP) is 2.93. The number of nitrogens with zero attached hydrogens (tertiary/aromatic N) is 1. The van der Waals surface area contributed by atoms with E-state index >= 15 is 0 Å². The molecule has 0 aromatic heterocycles. The summed E-state index contributed by atoms with van der Waals surface area (Å²) in [5, 5.41) is 10.5. The Balaban J connectivity index is 3.03. The first-order valence-corrected chi connectivity index (χ1v) is 5.41. The van der Waals surface area contributed by atoms with Crippen molar-refractivity contribution in [3.8, 4) is 5.75 Å². The monoisotopic (exact) mass is 273 g/mol. The van der Waals surface area contributed by atoms with Gasteiger partial charge in [-0.15, -0.1) is 0 Å². The van der Waals surface area contributed by atoms with E-state index in [0.29, 0.717) is 10.6 Å². The van der Waals surface area contributed by atoms with Gasteiger partial charge in [0.25, 0.3) is 5.69 Å². The number of rotatable bonds is 4. The van der Waals surface area contributed by atoms with Crippen molar-refractivity contribution in [3.63, 3.8) is 0 Å². The molecule has 1 atom stereocenters. The van der Waals surface area contributed by atoms with Gasteiger partial charge in [-0.2, -0.15) is 0 Å². The summed E-state index contributed by atoms with van der Waals surface area (Å²) in [7, 11) is 1.52. The molecule has 0 spiro atoms. The quantitative estimate of drug-likeness (QED) is 0.482. The second kappa shape index (κ2) is 5.11. The molecule has 1 rings (SSSR count). The fourth-order valence-electron chi connectivity index (χ4n) is 1.32. The molecule has 1 aromatic rings. The zero-order valence-electron chi connectivity index (χ0n) is 8.57. The molecule has 0 saturated heterocycles. The van der Waals surface area contributed by atoms with E-state index < -0.39 is 4.92 Å². The lowest BCUT2D eigenvalue weighted by molar-refractivity contribution is -0.384. The first-order valence-electron chi connectivity index (χ1n) is 4.50. The molecule has 0 aliphatic heterocycles. The number of benzene rings is 1. The highest BCUT2D eigenvalue weighted by Gasteiger charge is 2.12. The van der Waals surface area contributed by atoms with E-state index in [2.05, 4.69) is 15.9 Å². The number of hydrogen-bond acceptors (Lipinski definition) is 3. The lowest BCUT2D eigenvalue weighted by Crippen LogP contribution is -2.00. The maximum absolute atomic E-state index is 10.5. The van der Waals surface area contributed by atoms with Gasteiger partial charge in [-0.1, -0.05) is 22.9 Å². The highest BCUT2D eigenvalue weighted by molar-refractivity contribution is 9.09. The van der Waals surface area contributed by atoms with E-state index in [1.54, 1.807) is 6.07 Å². The van der Waals surface area contributed by atoms with Crippen molar-refractivity contribution in [1.82, 2.24) is 0 Å². The Labute approximate surface area is 96.5 Å². The Morgan fingerprint density at radius 2 is 2.27 bits per heavy atom. The minimum atomic E-state index is -0.427. The van der Waals surface area contributed by atoms with Crippen LogP contribution >= 0.6 is 15.9 Å². The average molecular weight is 274 g/mol. The number of methoxy groups -OCH3 is 1. The van der Waals surface area contributed by atoms with Crippen molar-refractivity contribution in [2.24, 2.45) is 0 Å². The highest BCUT2D eigenvalue weighted by Crippen LogP contribution is 2.26. The molecule has 0 radical (unpaired) electrons. The lowest BCUT2D eigenvalue weighted by atomic mass is 10.1. The molecule has 5 heteroatoms. The van der Waals surface area contributed by atoms with Gasteiger partial charge in [-0.25, -0.2) is 0 Å². The summed E-state index contributed by atoms with van der Waals surface area (Å²) in [5.74, 6) is 0.565. The Morgan fingerprint density at radius 3 is 2.73 bits per heavy atom. The molecule has 4 nitrogen and oxygen atoms in total. The van der Waals surface area contributed by atoms with E-state index in [1.807, 2.05) is 6.92 Å². The van der Waals surface area contributed by atoms with Crippen molar-refractivity contribution >= 4 is 21.6 Å². The molecule has 0 saturated carbocycles. The zero-order valence-corrected chi connectivity index (χ0v) is 10.2. The van der Waals surface area contributed by atoms with E-state index in [4.69, 9.17) is 4.74 Å². The molecule has 0 aliphatic carbocycles. The summed E-state index contributed by atoms with van der Waals surface area (Å²) < 4.78 is 5.11. The molecule has 0 bridgehead atoms. The Kier molecular flexibility index (Phi) is 4.08. The summed E-state index contributed by atoms with van der Waals surface area (Å²) in [5.41, 5.74) is 1.02. The summed E-state index contributed by atoms with van der Waals surface area (Å²) >= 11 is 3.43. The maximum atomic E-state index is 10.5. The lowest BCUT2D eigenvalue weighted by Gasteiger charge is -2.09. The minimum Gasteiger partial charge on any atom is -0.496 e. The number of alkyl halides is 1. The molecule has 1 aromatic carbocycles. The first kappa shape index (κ1) is 12.0. The van der Waals surface area contributed by atoms with Crippen LogP contribution in [0.2, 0.25) is 0 Å². The first-order chi connectivity index (χ1) is 7.04. The smallest absolute Gasteiger partial charge is 0.273 e. The number of nitro benzene ring substituents is 1. The molecule has 82 valence electrons. The van der Waals surface area contributed by atoms with Crippen LogP contribution in [0.1, 0.15) is 12.5 Å². The third kappa shape index (κ3) is 3.20. The van der Waals surface area contributed by atoms with Gasteiger partial charge < -0.3 is 4.74 Å². The number of non-ortho nitro benzene ring substituents is 1. The van der Waals surface area contributed by atoms with E-state index in [-0.39, 0.29) is 5.69 Å². The third-order valence-electron chi connectivity index (χ3n) is 1.98. The number of hydrogen-bond donors (Lipinski definition) is 0. The molecular weight excluding hydrogens is 262 g/mol. The number of halogens is 1. The fourth-order valence-corrected chi connectivity index (χ4v) is 1.67. The van der Waals surface area contributed by atoms with Crippen molar-refractivity contribution in [2.45, 2.75) is 18.2 Å². The molecule has 0 N–H and O–H groups in total. The molecular formula is C10H12BrNO3. The average Bonchev–Trinajstić information content (AvgIpc) is 2.17. The molecule has 0 aliphatic rings. The van der Waals surface area contributed by atoms with Crippen LogP contribution in [-0.2, 0) is 6.42 Å². The summed E-state index contributed by atoms with van der Waals surface area (Å²) in [4.78, 5) is 10.4. The van der Waals surface area contributed by atoms with Crippen LogP contribution in [0.25, 0.3) is 0 Å². The van der Waals surface area contributed by atoms with Crippen molar-refractivity contribution in [3.05, 3.63) is 33.9 Å². The van der Waals surface area contributed by atoms with Crippen LogP contribution in [0.3, 0.4) is 0 Å². The molecule has 0 amide bonds. The molecule has 0 heterocycles. The van der Waals surface area contributed by atoms with Crippen LogP contribution in [-0.4, -0.2) is 16.9 Å². The van der Waals surface area contributed by atoms with Gasteiger partial charge in [0.2, 0.25) is 0 Å². The summed E-state index contributed by atoms with van der Waals surface area (Å²) in [6, 6.07) is 4.67. The Hall–Kier alpha value is -1.10. The summed E-state index contributed by atoms with van der Waals surface area (Å²) in [6.07, 6.45) is 0.779. The Bertz CT molecular complexity index is 366. The normalized spacial score (nSPS) is 12.2. The van der Waals surface area contributed by atoms with Crippen LogP contribution in [0.4, 0.5) is 5.69 Å². The standard InChI is InChI=1S/C10H12BrNO3/c1-7(11)5-8-3-4-9(12(13)14)6-10(8)15-2/h3-4,6-7H,5H2,1-2H3. The SMILES string of the molecule is COc1cc([N+](=O)[O-])ccc1CC(C)Br. The predicted molar refractivity (Wildman–Crippen MR) is 61.7 cm³/mol. The van der Waals surface area contributed by atoms with E-state index in [9.17, 15) is 10.1 Å². The van der Waals surface area contributed by atoms with Crippen molar-refractivity contribution < 1.29 is 9.66 Å². The minimum absolute atomic E-state index is 0.0535. The number of ether oxygens (including phenoxy) is 1. The largest absolute Gasteiger partial charge is 0.496 e. The molecule has 1 unspecified atom stereocenters. The zero-order chi connectivity index (χ0) is 11.4. The van der Waals surface area contributed by atoms with Gasteiger partial charge in [0.1, 0.15) is 5.75 Å². The molecule has 0 fully saturated rings. The van der Waals surface area contributed by atoms with E-state index in [1.165, 1.54) is 19.2 Å². The maximum Gasteiger partial charge on any atom is 0.273 e. The number of nitro groups is 1. The topological polar surface area (TPSA) is 52.4 Å². The van der Waals surface area contributed by atoms with Gasteiger partial charge in [-0.3, -0.25) is 10.1 Å². The van der Waals surface area contributed by atoms with Gasteiger partial charge in [-0.05, 0) is 18.1 Å². The molecule has 15 heavy (non-hydrogen) atoms. The second-order valence-corrected chi connectivity index (χ2v) is 4.80. The van der Waals surface area contributed by atoms with Gasteiger partial charge in [0.15, 0.2) is 0 Å². The highest BCUT2D eigenvalue weighted by atomic mass is 79.9. The van der Waals surface area contributed by atoms with Crippen molar-refractivity contribution in [2.75, 3.05) is 7.11 Å². The Morgan fingerprint density at radius 1 is 1.60 bits per heavy atom. The van der Waals surface area contributed by atoms with Crippen LogP contribution in [0.5, 0.6) is 5.75 Å². The third-order valence-corrected chi connectivity index (χ3v) is 2.31. The van der Waals surface area contributed by atoms with Gasteiger partial charge >= 0.3 is 0 Å². The summed E-state index contributed by atoms with van der Waals surface area (Å²) in [6.45, 7) is 2.01. The van der Waals surface area contributed by atoms with Crippen LogP contribution < -0.4 is 4.74 Å². The van der Waals surface area contributed by atoms with Gasteiger partial charge in [0.05, 0.1) is 18.1 Å². The fraction of sp³-hybridized carbons (Fsp3) is 0.400. The van der Waals surface area contributed by atoms with Crippen LogP contribution in [0, 0.1) is 10.1 Å².